The van der Waals surface area contributed by atoms with Crippen LogP contribution < -0.4 is 4.90 Å². The molecule has 5 heteroatoms. The molecule has 0 aliphatic heterocycles. The molecular formula is C10H17N3OS. The molecule has 4 nitrogen and oxygen atoms in total. The van der Waals surface area contributed by atoms with Crippen molar-refractivity contribution in [2.75, 3.05) is 25.6 Å². The molecule has 0 saturated heterocycles. The fraction of sp³-hybridized carbons (Fsp3) is 0.800. The smallest absolute Gasteiger partial charge is 0.205 e. The summed E-state index contributed by atoms with van der Waals surface area (Å²) in [6, 6.07) is 0. The number of methoxy groups -OCH3 is 1. The van der Waals surface area contributed by atoms with Crippen LogP contribution in [0.3, 0.4) is 0 Å². The Bertz CT molecular complexity index is 311. The zero-order valence-corrected chi connectivity index (χ0v) is 10.1. The van der Waals surface area contributed by atoms with Gasteiger partial charge in [-0.05, 0) is 12.3 Å². The van der Waals surface area contributed by atoms with Crippen molar-refractivity contribution in [1.82, 2.24) is 9.36 Å². The van der Waals surface area contributed by atoms with Crippen molar-refractivity contribution >= 4 is 16.7 Å². The molecule has 1 aliphatic carbocycles. The Morgan fingerprint density at radius 1 is 1.53 bits per heavy atom. The first-order valence-corrected chi connectivity index (χ1v) is 6.09. The molecule has 0 atom stereocenters. The Kier molecular flexibility index (Phi) is 3.53. The van der Waals surface area contributed by atoms with Crippen LogP contribution in [0.4, 0.5) is 5.13 Å². The maximum atomic E-state index is 4.99. The predicted octanol–water partition coefficient (Wildman–Crippen LogP) is 1.92. The number of hydrogen-bond acceptors (Lipinski definition) is 5. The molecule has 0 bridgehead atoms. The first-order valence-electron chi connectivity index (χ1n) is 5.32. The average Bonchev–Trinajstić information content (AvgIpc) is 2.94. The molecule has 1 aromatic heterocycles. The number of nitrogens with zero attached hydrogens (tertiary/aromatic N) is 3. The minimum Gasteiger partial charge on any atom is -0.377 e. The number of aromatic nitrogens is 2. The van der Waals surface area contributed by atoms with E-state index >= 15 is 0 Å². The number of ether oxygens (including phenoxy) is 1. The first-order chi connectivity index (χ1) is 7.29. The summed E-state index contributed by atoms with van der Waals surface area (Å²) in [5.41, 5.74) is 0. The van der Waals surface area contributed by atoms with Gasteiger partial charge in [0.1, 0.15) is 6.61 Å². The Labute approximate surface area is 94.4 Å². The van der Waals surface area contributed by atoms with E-state index < -0.39 is 0 Å². The van der Waals surface area contributed by atoms with E-state index in [1.807, 2.05) is 0 Å². The number of hydrogen-bond donors (Lipinski definition) is 0. The lowest BCUT2D eigenvalue weighted by Gasteiger charge is -2.14. The fourth-order valence-electron chi connectivity index (χ4n) is 1.47. The third-order valence-electron chi connectivity index (χ3n) is 2.63. The van der Waals surface area contributed by atoms with Gasteiger partial charge in [-0.2, -0.15) is 4.37 Å². The minimum absolute atomic E-state index is 0.507. The third-order valence-corrected chi connectivity index (χ3v) is 3.50. The number of anilines is 1. The van der Waals surface area contributed by atoms with Crippen molar-refractivity contribution in [3.05, 3.63) is 5.82 Å². The van der Waals surface area contributed by atoms with E-state index in [9.17, 15) is 0 Å². The van der Waals surface area contributed by atoms with Crippen molar-refractivity contribution in [3.63, 3.8) is 0 Å². The monoisotopic (exact) mass is 227 g/mol. The van der Waals surface area contributed by atoms with Gasteiger partial charge in [-0.15, -0.1) is 0 Å². The predicted molar refractivity (Wildman–Crippen MR) is 61.2 cm³/mol. The van der Waals surface area contributed by atoms with Crippen LogP contribution in [0.1, 0.15) is 25.1 Å². The lowest BCUT2D eigenvalue weighted by Crippen LogP contribution is -2.18. The summed E-state index contributed by atoms with van der Waals surface area (Å²) in [4.78, 5) is 6.60. The molecule has 15 heavy (non-hydrogen) atoms. The molecule has 0 N–H and O–H groups in total. The van der Waals surface area contributed by atoms with E-state index in [0.29, 0.717) is 6.61 Å². The van der Waals surface area contributed by atoms with Crippen molar-refractivity contribution < 1.29 is 4.74 Å². The molecule has 1 fully saturated rings. The zero-order valence-electron chi connectivity index (χ0n) is 9.27. The molecule has 1 aromatic rings. The van der Waals surface area contributed by atoms with Gasteiger partial charge in [0.15, 0.2) is 5.82 Å². The van der Waals surface area contributed by atoms with Crippen molar-refractivity contribution in [1.29, 1.82) is 0 Å². The van der Waals surface area contributed by atoms with Crippen LogP contribution in [-0.4, -0.2) is 30.1 Å². The molecule has 84 valence electrons. The molecule has 1 aliphatic rings. The van der Waals surface area contributed by atoms with Crippen molar-refractivity contribution in [2.45, 2.75) is 25.9 Å². The summed E-state index contributed by atoms with van der Waals surface area (Å²) in [7, 11) is 3.75. The van der Waals surface area contributed by atoms with E-state index in [1.54, 1.807) is 7.11 Å². The molecule has 0 amide bonds. The summed E-state index contributed by atoms with van der Waals surface area (Å²) in [6.07, 6.45) is 4.12. The second-order valence-corrected chi connectivity index (χ2v) is 4.81. The molecule has 0 unspecified atom stereocenters. The maximum absolute atomic E-state index is 4.99. The van der Waals surface area contributed by atoms with Gasteiger partial charge in [0.05, 0.1) is 0 Å². The highest BCUT2D eigenvalue weighted by Crippen LogP contribution is 2.32. The molecule has 0 radical (unpaired) electrons. The van der Waals surface area contributed by atoms with Crippen LogP contribution in [-0.2, 0) is 11.3 Å². The summed E-state index contributed by atoms with van der Waals surface area (Å²) in [5, 5.41) is 1.00. The van der Waals surface area contributed by atoms with Gasteiger partial charge in [0.25, 0.3) is 0 Å². The van der Waals surface area contributed by atoms with Gasteiger partial charge < -0.3 is 9.64 Å². The summed E-state index contributed by atoms with van der Waals surface area (Å²) >= 11 is 1.45. The lowest BCUT2D eigenvalue weighted by atomic mass is 10.3. The third kappa shape index (κ3) is 3.14. The van der Waals surface area contributed by atoms with E-state index in [4.69, 9.17) is 4.74 Å². The van der Waals surface area contributed by atoms with E-state index in [2.05, 4.69) is 21.3 Å². The highest BCUT2D eigenvalue weighted by molar-refractivity contribution is 7.09. The highest BCUT2D eigenvalue weighted by atomic mass is 32.1. The van der Waals surface area contributed by atoms with E-state index in [-0.39, 0.29) is 0 Å². The Balaban J connectivity index is 1.83. The van der Waals surface area contributed by atoms with Gasteiger partial charge in [-0.25, -0.2) is 4.98 Å². The normalized spacial score (nSPS) is 15.6. The lowest BCUT2D eigenvalue weighted by molar-refractivity contribution is 0.179. The van der Waals surface area contributed by atoms with Gasteiger partial charge in [0, 0.05) is 32.2 Å². The standard InChI is InChI=1S/C10H17N3OS/c1-13(6-5-8-3-4-8)10-11-9(7-14-2)12-15-10/h8H,3-7H2,1-2H3. The van der Waals surface area contributed by atoms with Crippen LogP contribution >= 0.6 is 11.5 Å². The molecule has 2 rings (SSSR count). The fourth-order valence-corrected chi connectivity index (χ4v) is 2.12. The molecule has 1 saturated carbocycles. The average molecular weight is 227 g/mol. The van der Waals surface area contributed by atoms with E-state index in [1.165, 1.54) is 30.8 Å². The minimum atomic E-state index is 0.507. The number of rotatable bonds is 6. The van der Waals surface area contributed by atoms with Crippen LogP contribution in [0.2, 0.25) is 0 Å². The zero-order chi connectivity index (χ0) is 10.7. The molecule has 1 heterocycles. The van der Waals surface area contributed by atoms with Gasteiger partial charge in [0.2, 0.25) is 5.13 Å². The van der Waals surface area contributed by atoms with E-state index in [0.717, 1.165) is 23.4 Å². The SMILES string of the molecule is COCc1nsc(N(C)CCC2CC2)n1. The van der Waals surface area contributed by atoms with Gasteiger partial charge >= 0.3 is 0 Å². The van der Waals surface area contributed by atoms with Crippen molar-refractivity contribution in [2.24, 2.45) is 5.92 Å². The quantitative estimate of drug-likeness (QED) is 0.744. The largest absolute Gasteiger partial charge is 0.377 e. The molecule has 0 aromatic carbocycles. The summed E-state index contributed by atoms with van der Waals surface area (Å²) in [5.74, 6) is 1.76. The summed E-state index contributed by atoms with van der Waals surface area (Å²) in [6.45, 7) is 1.60. The maximum Gasteiger partial charge on any atom is 0.205 e. The van der Waals surface area contributed by atoms with Crippen LogP contribution in [0.15, 0.2) is 0 Å². The Hall–Kier alpha value is -0.680. The Morgan fingerprint density at radius 2 is 2.33 bits per heavy atom. The highest BCUT2D eigenvalue weighted by Gasteiger charge is 2.21. The van der Waals surface area contributed by atoms with Crippen LogP contribution in [0, 0.1) is 5.92 Å². The summed E-state index contributed by atoms with van der Waals surface area (Å²) < 4.78 is 9.23. The van der Waals surface area contributed by atoms with Crippen molar-refractivity contribution in [3.8, 4) is 0 Å². The Morgan fingerprint density at radius 3 is 3.00 bits per heavy atom. The second-order valence-electron chi connectivity index (χ2n) is 4.08. The van der Waals surface area contributed by atoms with Crippen LogP contribution in [0.25, 0.3) is 0 Å². The van der Waals surface area contributed by atoms with Gasteiger partial charge in [-0.3, -0.25) is 0 Å². The second kappa shape index (κ2) is 4.90. The topological polar surface area (TPSA) is 38.2 Å². The van der Waals surface area contributed by atoms with Gasteiger partial charge in [-0.1, -0.05) is 12.8 Å². The molecule has 0 spiro atoms. The first kappa shape index (κ1) is 10.8. The van der Waals surface area contributed by atoms with Crippen LogP contribution in [0.5, 0.6) is 0 Å². The molecular weight excluding hydrogens is 210 g/mol.